The number of nitrogens with zero attached hydrogens (tertiary/aromatic N) is 3. The summed E-state index contributed by atoms with van der Waals surface area (Å²) in [5.41, 5.74) is 2.40. The van der Waals surface area contributed by atoms with E-state index in [1.54, 1.807) is 36.7 Å². The molecule has 3 heterocycles. The van der Waals surface area contributed by atoms with Crippen LogP contribution in [-0.2, 0) is 6.42 Å². The largest absolute Gasteiger partial charge is 0.493 e. The third-order valence-electron chi connectivity index (χ3n) is 4.87. The summed E-state index contributed by atoms with van der Waals surface area (Å²) in [6.45, 7) is 1.17. The number of aromatic nitrogens is 3. The van der Waals surface area contributed by atoms with Crippen molar-refractivity contribution in [3.05, 3.63) is 77.6 Å². The van der Waals surface area contributed by atoms with Gasteiger partial charge in [-0.25, -0.2) is 4.39 Å². The molecule has 144 valence electrons. The molecule has 0 aliphatic carbocycles. The molecule has 1 aliphatic heterocycles. The summed E-state index contributed by atoms with van der Waals surface area (Å²) in [5, 5.41) is 7.46. The van der Waals surface area contributed by atoms with E-state index in [-0.39, 0.29) is 17.8 Å². The molecule has 1 N–H and O–H groups in total. The molecule has 1 fully saturated rings. The number of nitrogens with one attached hydrogen (secondary N) is 1. The first-order chi connectivity index (χ1) is 13.7. The summed E-state index contributed by atoms with van der Waals surface area (Å²) >= 11 is 0. The summed E-state index contributed by atoms with van der Waals surface area (Å²) in [5.74, 6) is 0.331. The first-order valence-corrected chi connectivity index (χ1v) is 9.34. The highest BCUT2D eigenvalue weighted by atomic mass is 19.1. The van der Waals surface area contributed by atoms with Gasteiger partial charge in [-0.1, -0.05) is 0 Å². The van der Waals surface area contributed by atoms with Crippen molar-refractivity contribution < 1.29 is 13.9 Å². The van der Waals surface area contributed by atoms with Crippen LogP contribution in [0.15, 0.2) is 54.9 Å². The molecule has 0 bridgehead atoms. The zero-order chi connectivity index (χ0) is 19.3. The zero-order valence-corrected chi connectivity index (χ0v) is 15.3. The number of ether oxygens (including phenoxy) is 1. The minimum atomic E-state index is -0.285. The maximum absolute atomic E-state index is 12.9. The van der Waals surface area contributed by atoms with Crippen LogP contribution in [-0.4, -0.2) is 39.1 Å². The van der Waals surface area contributed by atoms with E-state index in [1.807, 2.05) is 11.0 Å². The molecule has 1 saturated heterocycles. The van der Waals surface area contributed by atoms with Gasteiger partial charge in [0.1, 0.15) is 11.6 Å². The minimum absolute atomic E-state index is 0.0141. The van der Waals surface area contributed by atoms with Gasteiger partial charge in [0.25, 0.3) is 5.91 Å². The van der Waals surface area contributed by atoms with Crippen molar-refractivity contribution in [3.63, 3.8) is 0 Å². The summed E-state index contributed by atoms with van der Waals surface area (Å²) in [6.07, 6.45) is 5.75. The van der Waals surface area contributed by atoms with Gasteiger partial charge in [-0.15, -0.1) is 0 Å². The van der Waals surface area contributed by atoms with Gasteiger partial charge in [-0.3, -0.25) is 14.9 Å². The van der Waals surface area contributed by atoms with Crippen LogP contribution in [0.5, 0.6) is 5.75 Å². The van der Waals surface area contributed by atoms with E-state index in [2.05, 4.69) is 15.2 Å². The molecular formula is C21H21FN4O2. The number of aromatic amines is 1. The third kappa shape index (κ3) is 4.03. The van der Waals surface area contributed by atoms with Crippen LogP contribution in [0.1, 0.15) is 40.6 Å². The predicted octanol–water partition coefficient (Wildman–Crippen LogP) is 3.54. The van der Waals surface area contributed by atoms with Crippen LogP contribution in [0, 0.1) is 5.82 Å². The molecule has 3 aromatic rings. The Labute approximate surface area is 162 Å². The molecule has 7 heteroatoms. The molecule has 1 aromatic carbocycles. The van der Waals surface area contributed by atoms with Crippen LogP contribution in [0.2, 0.25) is 0 Å². The Morgan fingerprint density at radius 2 is 2.14 bits per heavy atom. The Kier molecular flexibility index (Phi) is 5.32. The van der Waals surface area contributed by atoms with Crippen molar-refractivity contribution in [3.8, 4) is 5.75 Å². The number of benzene rings is 1. The van der Waals surface area contributed by atoms with Crippen LogP contribution in [0.25, 0.3) is 0 Å². The van der Waals surface area contributed by atoms with E-state index in [1.165, 1.54) is 12.1 Å². The van der Waals surface area contributed by atoms with Crippen molar-refractivity contribution in [2.45, 2.75) is 25.3 Å². The lowest BCUT2D eigenvalue weighted by Gasteiger charge is -2.23. The van der Waals surface area contributed by atoms with Gasteiger partial charge in [0.05, 0.1) is 23.9 Å². The van der Waals surface area contributed by atoms with Crippen molar-refractivity contribution >= 4 is 5.91 Å². The van der Waals surface area contributed by atoms with Gasteiger partial charge >= 0.3 is 0 Å². The lowest BCUT2D eigenvalue weighted by atomic mass is 10.1. The second-order valence-electron chi connectivity index (χ2n) is 6.77. The fourth-order valence-corrected chi connectivity index (χ4v) is 3.46. The van der Waals surface area contributed by atoms with E-state index in [0.29, 0.717) is 30.9 Å². The molecule has 1 atom stereocenters. The lowest BCUT2D eigenvalue weighted by molar-refractivity contribution is 0.0732. The van der Waals surface area contributed by atoms with E-state index in [9.17, 15) is 9.18 Å². The first-order valence-electron chi connectivity index (χ1n) is 9.34. The van der Waals surface area contributed by atoms with Gasteiger partial charge in [-0.2, -0.15) is 5.10 Å². The molecule has 6 nitrogen and oxygen atoms in total. The van der Waals surface area contributed by atoms with Crippen molar-refractivity contribution in [1.82, 2.24) is 20.1 Å². The quantitative estimate of drug-likeness (QED) is 0.710. The summed E-state index contributed by atoms with van der Waals surface area (Å²) < 4.78 is 18.6. The number of rotatable bonds is 6. The van der Waals surface area contributed by atoms with Gasteiger partial charge in [0.15, 0.2) is 0 Å². The average molecular weight is 380 g/mol. The molecule has 0 radical (unpaired) electrons. The number of carbonyl (C=O) groups excluding carboxylic acids is 1. The highest BCUT2D eigenvalue weighted by molar-refractivity contribution is 5.94. The van der Waals surface area contributed by atoms with Crippen molar-refractivity contribution in [1.29, 1.82) is 0 Å². The van der Waals surface area contributed by atoms with Crippen LogP contribution >= 0.6 is 0 Å². The maximum atomic E-state index is 12.9. The van der Waals surface area contributed by atoms with Gasteiger partial charge in [0, 0.05) is 31.1 Å². The standard InChI is InChI=1S/C21H21FN4O2/c22-16-5-7-18(8-6-16)28-12-9-17-13-19(25-24-17)20-4-2-11-26(20)21(27)15-3-1-10-23-14-15/h1,3,5-8,10,13-14,20H,2,4,9,11-12H2,(H,24,25)/t20-/m1/s1. The topological polar surface area (TPSA) is 71.1 Å². The number of likely N-dealkylation sites (tertiary alicyclic amines) is 1. The van der Waals surface area contributed by atoms with Crippen LogP contribution < -0.4 is 4.74 Å². The summed E-state index contributed by atoms with van der Waals surface area (Å²) in [7, 11) is 0. The predicted molar refractivity (Wildman–Crippen MR) is 101 cm³/mol. The van der Waals surface area contributed by atoms with Gasteiger partial charge in [-0.05, 0) is 55.3 Å². The monoisotopic (exact) mass is 380 g/mol. The van der Waals surface area contributed by atoms with Crippen molar-refractivity contribution in [2.24, 2.45) is 0 Å². The minimum Gasteiger partial charge on any atom is -0.493 e. The Morgan fingerprint density at radius 3 is 2.93 bits per heavy atom. The third-order valence-corrected chi connectivity index (χ3v) is 4.87. The van der Waals surface area contributed by atoms with Crippen LogP contribution in [0.4, 0.5) is 4.39 Å². The van der Waals surface area contributed by atoms with E-state index in [4.69, 9.17) is 4.74 Å². The normalized spacial score (nSPS) is 16.3. The van der Waals surface area contributed by atoms with E-state index >= 15 is 0 Å². The molecule has 4 rings (SSSR count). The molecule has 1 aliphatic rings. The molecule has 2 aromatic heterocycles. The van der Waals surface area contributed by atoms with E-state index < -0.39 is 0 Å². The Balaban J connectivity index is 1.37. The van der Waals surface area contributed by atoms with Crippen molar-refractivity contribution in [2.75, 3.05) is 13.2 Å². The first kappa shape index (κ1) is 18.2. The van der Waals surface area contributed by atoms with Gasteiger partial charge in [0.2, 0.25) is 0 Å². The molecular weight excluding hydrogens is 359 g/mol. The fraction of sp³-hybridized carbons (Fsp3) is 0.286. The second kappa shape index (κ2) is 8.21. The molecule has 28 heavy (non-hydrogen) atoms. The molecule has 1 amide bonds. The highest BCUT2D eigenvalue weighted by Crippen LogP contribution is 2.32. The summed E-state index contributed by atoms with van der Waals surface area (Å²) in [4.78, 5) is 18.7. The average Bonchev–Trinajstić information content (AvgIpc) is 3.39. The number of pyridine rings is 1. The van der Waals surface area contributed by atoms with E-state index in [0.717, 1.165) is 24.2 Å². The maximum Gasteiger partial charge on any atom is 0.255 e. The molecule has 0 spiro atoms. The number of halogens is 1. The lowest BCUT2D eigenvalue weighted by Crippen LogP contribution is -2.30. The molecule has 0 saturated carbocycles. The smallest absolute Gasteiger partial charge is 0.255 e. The van der Waals surface area contributed by atoms with Gasteiger partial charge < -0.3 is 9.64 Å². The highest BCUT2D eigenvalue weighted by Gasteiger charge is 2.32. The second-order valence-corrected chi connectivity index (χ2v) is 6.77. The zero-order valence-electron chi connectivity index (χ0n) is 15.3. The fourth-order valence-electron chi connectivity index (χ4n) is 3.46. The number of amides is 1. The number of H-pyrrole nitrogens is 1. The number of hydrogen-bond acceptors (Lipinski definition) is 4. The number of hydrogen-bond donors (Lipinski definition) is 1. The summed E-state index contributed by atoms with van der Waals surface area (Å²) in [6, 6.07) is 11.5. The Morgan fingerprint density at radius 1 is 1.29 bits per heavy atom. The SMILES string of the molecule is O=C(c1cccnc1)N1CCC[C@@H]1c1cc(CCOc2ccc(F)cc2)[nH]n1. The number of carbonyl (C=O) groups is 1. The Bertz CT molecular complexity index is 927. The Hall–Kier alpha value is -3.22. The molecule has 0 unspecified atom stereocenters. The van der Waals surface area contributed by atoms with Crippen LogP contribution in [0.3, 0.4) is 0 Å².